The van der Waals surface area contributed by atoms with Gasteiger partial charge in [-0.15, -0.1) is 0 Å². The molecule has 0 saturated heterocycles. The molecule has 0 bridgehead atoms. The highest BCUT2D eigenvalue weighted by Gasteiger charge is 2.25. The van der Waals surface area contributed by atoms with E-state index in [1.165, 1.54) is 12.1 Å². The molecule has 1 N–H and O–H groups in total. The summed E-state index contributed by atoms with van der Waals surface area (Å²) in [5.41, 5.74) is -0.163. The Morgan fingerprint density at radius 2 is 2.15 bits per heavy atom. The van der Waals surface area contributed by atoms with Gasteiger partial charge in [0.2, 0.25) is 11.5 Å². The van der Waals surface area contributed by atoms with Crippen molar-refractivity contribution < 1.29 is 26.8 Å². The summed E-state index contributed by atoms with van der Waals surface area (Å²) in [7, 11) is 0. The van der Waals surface area contributed by atoms with E-state index in [4.69, 9.17) is 16.0 Å². The maximum atomic E-state index is 14.3. The minimum Gasteiger partial charge on any atom is -0.760 e. The third-order valence-corrected chi connectivity index (χ3v) is 4.60. The molecule has 3 aromatic rings. The number of halogens is 3. The molecule has 2 aromatic heterocycles. The Hall–Kier alpha value is -2.27. The molecule has 0 aliphatic heterocycles. The van der Waals surface area contributed by atoms with Crippen molar-refractivity contribution in [3.8, 4) is 0 Å². The number of ketones is 1. The van der Waals surface area contributed by atoms with E-state index in [1.807, 2.05) is 0 Å². The van der Waals surface area contributed by atoms with Gasteiger partial charge in [-0.2, -0.15) is 0 Å². The maximum absolute atomic E-state index is 14.3. The van der Waals surface area contributed by atoms with Gasteiger partial charge in [0.15, 0.2) is 18.0 Å². The van der Waals surface area contributed by atoms with E-state index >= 15 is 0 Å². The Labute approximate surface area is 159 Å². The minimum absolute atomic E-state index is 0.0747. The summed E-state index contributed by atoms with van der Waals surface area (Å²) < 4.78 is 56.3. The first-order valence-electron chi connectivity index (χ1n) is 7.62. The second-order valence-electron chi connectivity index (χ2n) is 5.46. The zero-order chi connectivity index (χ0) is 19.6. The van der Waals surface area contributed by atoms with Crippen LogP contribution in [0.2, 0.25) is 5.02 Å². The first-order chi connectivity index (χ1) is 12.9. The number of carbonyl (C=O) groups excluding carboxylic acids is 1. The van der Waals surface area contributed by atoms with E-state index in [0.717, 1.165) is 12.5 Å². The summed E-state index contributed by atoms with van der Waals surface area (Å²) in [5, 5.41) is -0.249. The van der Waals surface area contributed by atoms with Crippen LogP contribution in [0, 0.1) is 11.6 Å². The van der Waals surface area contributed by atoms with E-state index in [9.17, 15) is 22.3 Å². The number of aromatic nitrogens is 2. The zero-order valence-electron chi connectivity index (χ0n) is 13.5. The standard InChI is InChI=1S/C16H12ClF2N3O4S/c17-13-8(2-1-5-21-27(24)25)6-9(18)14(19)12(13)15(23)10-3-4-11-16(22-10)26-7-20-11/h3-4,6-7,21H,1-2,5H2,(H,24,25)/p-1. The van der Waals surface area contributed by atoms with Gasteiger partial charge in [0.05, 0.1) is 10.6 Å². The molecule has 27 heavy (non-hydrogen) atoms. The van der Waals surface area contributed by atoms with Crippen LogP contribution in [-0.2, 0) is 17.7 Å². The van der Waals surface area contributed by atoms with Crippen LogP contribution in [0.5, 0.6) is 0 Å². The average molecular weight is 415 g/mol. The molecule has 0 aliphatic carbocycles. The van der Waals surface area contributed by atoms with E-state index in [-0.39, 0.29) is 41.4 Å². The van der Waals surface area contributed by atoms with Crippen molar-refractivity contribution in [2.75, 3.05) is 6.54 Å². The SMILES string of the molecule is O=C(c1ccc2ncoc2n1)c1c(F)c(F)cc(CCCNS(=O)[O-])c1Cl. The lowest BCUT2D eigenvalue weighted by Crippen LogP contribution is -2.18. The van der Waals surface area contributed by atoms with Crippen molar-refractivity contribution >= 4 is 39.9 Å². The van der Waals surface area contributed by atoms with Crippen LogP contribution in [0.4, 0.5) is 8.78 Å². The van der Waals surface area contributed by atoms with Gasteiger partial charge in [-0.25, -0.2) is 23.5 Å². The van der Waals surface area contributed by atoms with Crippen LogP contribution in [0.25, 0.3) is 11.2 Å². The Kier molecular flexibility index (Phi) is 5.90. The van der Waals surface area contributed by atoms with Crippen LogP contribution in [0.15, 0.2) is 29.0 Å². The number of fused-ring (bicyclic) bond motifs is 1. The molecule has 2 heterocycles. The molecule has 1 aromatic carbocycles. The molecule has 3 rings (SSSR count). The molecular formula is C16H11ClF2N3O4S-. The molecule has 1 atom stereocenters. The summed E-state index contributed by atoms with van der Waals surface area (Å²) >= 11 is 3.71. The predicted octanol–water partition coefficient (Wildman–Crippen LogP) is 2.70. The molecule has 11 heteroatoms. The van der Waals surface area contributed by atoms with Gasteiger partial charge in [-0.1, -0.05) is 11.6 Å². The summed E-state index contributed by atoms with van der Waals surface area (Å²) in [6.07, 6.45) is 1.55. The molecule has 0 aliphatic rings. The number of carbonyl (C=O) groups is 1. The molecule has 0 spiro atoms. The Morgan fingerprint density at radius 3 is 2.89 bits per heavy atom. The highest BCUT2D eigenvalue weighted by Crippen LogP contribution is 2.29. The lowest BCUT2D eigenvalue weighted by atomic mass is 10.0. The molecule has 0 fully saturated rings. The summed E-state index contributed by atoms with van der Waals surface area (Å²) in [6, 6.07) is 3.65. The molecule has 0 amide bonds. The quantitative estimate of drug-likeness (QED) is 0.275. The van der Waals surface area contributed by atoms with Crippen molar-refractivity contribution in [2.24, 2.45) is 0 Å². The predicted molar refractivity (Wildman–Crippen MR) is 91.8 cm³/mol. The molecule has 7 nitrogen and oxygen atoms in total. The molecule has 142 valence electrons. The smallest absolute Gasteiger partial charge is 0.247 e. The Bertz CT molecular complexity index is 1040. The number of oxazole rings is 1. The highest BCUT2D eigenvalue weighted by molar-refractivity contribution is 7.77. The zero-order valence-corrected chi connectivity index (χ0v) is 15.1. The van der Waals surface area contributed by atoms with Crippen LogP contribution in [0.1, 0.15) is 28.0 Å². The minimum atomic E-state index is -2.43. The Balaban J connectivity index is 1.93. The molecule has 0 saturated carbocycles. The molecular weight excluding hydrogens is 404 g/mol. The number of aryl methyl sites for hydroxylation is 1. The largest absolute Gasteiger partial charge is 0.760 e. The van der Waals surface area contributed by atoms with Gasteiger partial charge in [0.25, 0.3) is 0 Å². The van der Waals surface area contributed by atoms with Crippen molar-refractivity contribution in [1.82, 2.24) is 14.7 Å². The van der Waals surface area contributed by atoms with Gasteiger partial charge in [-0.05, 0) is 36.6 Å². The number of nitrogens with zero attached hydrogens (tertiary/aromatic N) is 2. The van der Waals surface area contributed by atoms with Gasteiger partial charge in [0.1, 0.15) is 11.2 Å². The van der Waals surface area contributed by atoms with Gasteiger partial charge in [0, 0.05) is 17.8 Å². The molecule has 0 radical (unpaired) electrons. The lowest BCUT2D eigenvalue weighted by molar-refractivity contribution is 0.102. The van der Waals surface area contributed by atoms with Crippen molar-refractivity contribution in [3.05, 3.63) is 58.1 Å². The summed E-state index contributed by atoms with van der Waals surface area (Å²) in [6.45, 7) is 0.0818. The van der Waals surface area contributed by atoms with E-state index in [0.29, 0.717) is 5.52 Å². The normalized spacial score (nSPS) is 12.4. The monoisotopic (exact) mass is 414 g/mol. The third kappa shape index (κ3) is 4.19. The number of hydrogen-bond acceptors (Lipinski definition) is 6. The van der Waals surface area contributed by atoms with E-state index < -0.39 is 34.2 Å². The fraction of sp³-hybridized carbons (Fsp3) is 0.188. The first-order valence-corrected chi connectivity index (χ1v) is 9.08. The second-order valence-corrected chi connectivity index (χ2v) is 6.59. The van der Waals surface area contributed by atoms with Gasteiger partial charge >= 0.3 is 0 Å². The van der Waals surface area contributed by atoms with Gasteiger partial charge in [-0.3, -0.25) is 9.00 Å². The first kappa shape index (κ1) is 19.5. The van der Waals surface area contributed by atoms with Gasteiger partial charge < -0.3 is 8.97 Å². The van der Waals surface area contributed by atoms with Crippen molar-refractivity contribution in [3.63, 3.8) is 0 Å². The number of nitrogens with one attached hydrogen (secondary N) is 1. The molecule has 1 unspecified atom stereocenters. The number of rotatable bonds is 7. The van der Waals surface area contributed by atoms with E-state index in [2.05, 4.69) is 14.7 Å². The maximum Gasteiger partial charge on any atom is 0.247 e. The highest BCUT2D eigenvalue weighted by atomic mass is 35.5. The Morgan fingerprint density at radius 1 is 1.37 bits per heavy atom. The summed E-state index contributed by atoms with van der Waals surface area (Å²) in [4.78, 5) is 20.5. The number of benzene rings is 1. The third-order valence-electron chi connectivity index (χ3n) is 3.73. The van der Waals surface area contributed by atoms with Crippen LogP contribution in [0.3, 0.4) is 0 Å². The van der Waals surface area contributed by atoms with Crippen LogP contribution in [-0.4, -0.2) is 31.1 Å². The topological polar surface area (TPSA) is 108 Å². The van der Waals surface area contributed by atoms with Crippen molar-refractivity contribution in [1.29, 1.82) is 0 Å². The van der Waals surface area contributed by atoms with Crippen LogP contribution < -0.4 is 4.72 Å². The lowest BCUT2D eigenvalue weighted by Gasteiger charge is -2.12. The fourth-order valence-electron chi connectivity index (χ4n) is 2.48. The van der Waals surface area contributed by atoms with Crippen molar-refractivity contribution in [2.45, 2.75) is 12.8 Å². The number of pyridine rings is 1. The average Bonchev–Trinajstić information content (AvgIpc) is 3.10. The van der Waals surface area contributed by atoms with Crippen LogP contribution >= 0.6 is 11.6 Å². The number of hydrogen-bond donors (Lipinski definition) is 1. The second kappa shape index (κ2) is 8.17. The summed E-state index contributed by atoms with van der Waals surface area (Å²) in [5.74, 6) is -3.53. The fourth-order valence-corrected chi connectivity index (χ4v) is 3.11. The van der Waals surface area contributed by atoms with E-state index in [1.54, 1.807) is 0 Å².